The van der Waals surface area contributed by atoms with Crippen molar-refractivity contribution in [1.29, 1.82) is 0 Å². The first kappa shape index (κ1) is 103. The Kier molecular flexibility index (Phi) is 38.0. The number of nitrogens with zero attached hydrogens (tertiary/aromatic N) is 5. The lowest BCUT2D eigenvalue weighted by atomic mass is 9.95. The molecule has 37 heteroatoms. The molecule has 3 aliphatic rings. The van der Waals surface area contributed by atoms with Crippen molar-refractivity contribution in [3.63, 3.8) is 0 Å². The van der Waals surface area contributed by atoms with Crippen molar-refractivity contribution in [2.24, 2.45) is 23.5 Å². The second-order valence-corrected chi connectivity index (χ2v) is 36.1. The molecule has 0 radical (unpaired) electrons. The van der Waals surface area contributed by atoms with Crippen molar-refractivity contribution < 1.29 is 96.4 Å². The number of thioether (sulfide) groups is 1. The Morgan fingerprint density at radius 1 is 0.508 bits per heavy atom. The topological polar surface area (TPSA) is 500 Å². The van der Waals surface area contributed by atoms with Gasteiger partial charge in [0, 0.05) is 89.2 Å². The molecule has 1 unspecified atom stereocenters. The minimum Gasteiger partial charge on any atom is -0.508 e. The van der Waals surface area contributed by atoms with E-state index in [0.717, 1.165) is 33.7 Å². The van der Waals surface area contributed by atoms with Crippen molar-refractivity contribution in [3.8, 4) is 11.5 Å². The fourth-order valence-corrected chi connectivity index (χ4v) is 17.7. The third kappa shape index (κ3) is 28.5. The number of likely N-dealkylation sites (N-methyl/N-ethyl adjacent to an activating group) is 3. The van der Waals surface area contributed by atoms with Gasteiger partial charge in [-0.2, -0.15) is 0 Å². The van der Waals surface area contributed by atoms with E-state index in [1.54, 1.807) is 95.4 Å². The number of amides is 15. The van der Waals surface area contributed by atoms with Crippen LogP contribution in [0.25, 0.3) is 10.9 Å². The number of phenolic OH excluding ortho intramolecular Hbond substituents is 2. The summed E-state index contributed by atoms with van der Waals surface area (Å²) in [4.78, 5) is 248. The average Bonchev–Trinajstić information content (AvgIpc) is 1.15. The number of aromatic nitrogens is 1. The highest BCUT2D eigenvalue weighted by atomic mass is 32.2. The number of carbonyl (C=O) groups excluding carboxylic acids is 15. The van der Waals surface area contributed by atoms with Crippen molar-refractivity contribution in [2.75, 3.05) is 52.3 Å². The fourth-order valence-electron chi connectivity index (χ4n) is 16.8. The van der Waals surface area contributed by atoms with Gasteiger partial charge < -0.3 is 98.4 Å². The standard InChI is InChI=1S/C95H125FN16O19S/c1-11-13-26-76-94(130)112-42-21-28-75(112)89(125)104-70(49-80(117)118)87(123)107-81(54(3)4)95(131)110(10)82(55(5)6)90(126)105-72(46-60-33-39-64(114)40-34-60)92(128)111-41-20-19-27-74(111)88(124)103-69(48-61-50-98-66-25-18-17-24-65(61)66)86(122)102-68(44-59-31-37-63(113)38-32-59)85(121)101-67(43-56(7)12-2)84(120)106-73(83(119)99-51-78(97)115)52-132-53-79(116)100-71(45-58-29-35-62(96)36-30-58)91(127)109(9)77(93(129)108(76)8)47-57-22-15-14-16-23-57/h14-18,22-25,29-40,50,54-56,67-77,81-82,98,113-114H,11-13,19-21,26-28,41-49,51-53H2,1-10H3,(H2,97,115)(H,99,119)(H,100,116)(H,101,121)(H,102,122)(H,103,124)(H,104,125)(H,105,126)(H,106,120)(H,107,123)(H,117,118)/t56?,67-,68-,69-,70-,71-,72-,73-,74+,75+,76-,77-,81-,82-/m0/s1. The molecule has 3 fully saturated rings. The number of aromatic amines is 1. The number of fused-ring (bicyclic) bond motifs is 3. The van der Waals surface area contributed by atoms with Crippen LogP contribution in [-0.4, -0.2) is 270 Å². The Morgan fingerprint density at radius 3 is 1.61 bits per heavy atom. The molecule has 0 saturated carbocycles. The Bertz CT molecular complexity index is 5060. The summed E-state index contributed by atoms with van der Waals surface area (Å²) in [5.41, 5.74) is 8.44. The van der Waals surface area contributed by atoms with Crippen molar-refractivity contribution in [1.82, 2.24) is 77.3 Å². The summed E-state index contributed by atoms with van der Waals surface area (Å²) < 4.78 is 14.6. The molecule has 35 nitrogen and oxygen atoms in total. The van der Waals surface area contributed by atoms with Crippen LogP contribution in [0.2, 0.25) is 0 Å². The summed E-state index contributed by atoms with van der Waals surface area (Å²) in [6.45, 7) is 11.1. The second-order valence-electron chi connectivity index (χ2n) is 35.0. The molecule has 0 bridgehead atoms. The molecule has 3 aliphatic heterocycles. The Hall–Kier alpha value is -13.0. The third-order valence-corrected chi connectivity index (χ3v) is 25.4. The molecule has 4 heterocycles. The number of H-pyrrole nitrogens is 1. The number of primary amides is 1. The lowest BCUT2D eigenvalue weighted by Crippen LogP contribution is -2.63. The normalized spacial score (nSPS) is 24.0. The van der Waals surface area contributed by atoms with Gasteiger partial charge >= 0.3 is 5.97 Å². The monoisotopic (exact) mass is 1840 g/mol. The number of nitrogens with one attached hydrogen (secondary N) is 10. The maximum absolute atomic E-state index is 15.8. The minimum absolute atomic E-state index is 0.0129. The van der Waals surface area contributed by atoms with Gasteiger partial charge in [0.05, 0.1) is 18.7 Å². The number of rotatable bonds is 23. The van der Waals surface area contributed by atoms with E-state index in [0.29, 0.717) is 70.8 Å². The summed E-state index contributed by atoms with van der Waals surface area (Å²) >= 11 is 0.799. The van der Waals surface area contributed by atoms with Crippen molar-refractivity contribution >= 4 is 117 Å². The number of aromatic hydroxyl groups is 2. The smallest absolute Gasteiger partial charge is 0.305 e. The first-order valence-electron chi connectivity index (χ1n) is 44.9. The molecule has 0 aliphatic carbocycles. The van der Waals surface area contributed by atoms with Crippen LogP contribution < -0.4 is 53.6 Å². The average molecular weight is 1850 g/mol. The van der Waals surface area contributed by atoms with Crippen LogP contribution in [0.15, 0.2) is 134 Å². The van der Waals surface area contributed by atoms with Crippen molar-refractivity contribution in [2.45, 2.75) is 230 Å². The number of carboxylic acid groups (broad SMARTS) is 1. The van der Waals surface area contributed by atoms with Gasteiger partial charge in [0.25, 0.3) is 0 Å². The number of nitrogens with two attached hydrogens (primary N) is 1. The Balaban J connectivity index is 1.13. The summed E-state index contributed by atoms with van der Waals surface area (Å²) in [7, 11) is 4.02. The highest BCUT2D eigenvalue weighted by Crippen LogP contribution is 2.29. The van der Waals surface area contributed by atoms with Gasteiger partial charge in [0.1, 0.15) is 95.9 Å². The fraction of sp³-hybridized carbons (Fsp3) is 0.495. The van der Waals surface area contributed by atoms with Crippen LogP contribution in [0.3, 0.4) is 0 Å². The molecule has 6 aromatic rings. The third-order valence-electron chi connectivity index (χ3n) is 24.4. The molecule has 3 saturated heterocycles. The first-order valence-corrected chi connectivity index (χ1v) is 46.1. The van der Waals surface area contributed by atoms with E-state index in [4.69, 9.17) is 5.73 Å². The van der Waals surface area contributed by atoms with Crippen LogP contribution in [0.5, 0.6) is 11.5 Å². The minimum atomic E-state index is -1.89. The number of carboxylic acids is 1. The van der Waals surface area contributed by atoms with E-state index < -0.39 is 215 Å². The molecule has 1 aromatic heterocycles. The van der Waals surface area contributed by atoms with Gasteiger partial charge in [0.2, 0.25) is 88.6 Å². The lowest BCUT2D eigenvalue weighted by molar-refractivity contribution is -0.152. The van der Waals surface area contributed by atoms with E-state index in [-0.39, 0.29) is 94.7 Å². The molecule has 9 rings (SSSR count). The maximum atomic E-state index is 15.8. The van der Waals surface area contributed by atoms with Crippen LogP contribution in [0, 0.1) is 23.6 Å². The zero-order valence-corrected chi connectivity index (χ0v) is 77.1. The lowest BCUT2D eigenvalue weighted by Gasteiger charge is -2.39. The molecule has 15 N–H and O–H groups in total. The van der Waals surface area contributed by atoms with E-state index in [1.807, 2.05) is 13.8 Å². The zero-order valence-electron chi connectivity index (χ0n) is 76.3. The number of piperidine rings is 1. The number of aliphatic carboxylic acids is 1. The molecule has 15 amide bonds. The van der Waals surface area contributed by atoms with E-state index >= 15 is 47.9 Å². The summed E-state index contributed by atoms with van der Waals surface area (Å²) in [6, 6.07) is 12.7. The van der Waals surface area contributed by atoms with Gasteiger partial charge in [-0.25, -0.2) is 4.39 Å². The maximum Gasteiger partial charge on any atom is 0.305 e. The predicted octanol–water partition coefficient (Wildman–Crippen LogP) is 3.72. The van der Waals surface area contributed by atoms with Crippen molar-refractivity contribution in [3.05, 3.63) is 167 Å². The van der Waals surface area contributed by atoms with Crippen LogP contribution in [-0.2, 0) is 109 Å². The van der Waals surface area contributed by atoms with Crippen LogP contribution in [0.1, 0.15) is 147 Å². The Morgan fingerprint density at radius 2 is 1.02 bits per heavy atom. The quantitative estimate of drug-likeness (QED) is 0.0434. The molecular weight excluding hydrogens is 1720 g/mol. The van der Waals surface area contributed by atoms with E-state index in [9.17, 15) is 48.5 Å². The molecule has 14 atom stereocenters. The number of hydrogen-bond acceptors (Lipinski definition) is 19. The highest BCUT2D eigenvalue weighted by molar-refractivity contribution is 8.00. The predicted molar refractivity (Wildman–Crippen MR) is 490 cm³/mol. The number of hydrogen-bond donors (Lipinski definition) is 14. The Labute approximate surface area is 771 Å². The number of unbranched alkanes of at least 4 members (excludes halogenated alkanes) is 1. The molecule has 712 valence electrons. The van der Waals surface area contributed by atoms with E-state index in [1.165, 1.54) is 96.5 Å². The first-order chi connectivity index (χ1) is 62.8. The number of halogens is 1. The number of phenols is 2. The number of benzene rings is 5. The van der Waals surface area contributed by atoms with Crippen LogP contribution >= 0.6 is 11.8 Å². The van der Waals surface area contributed by atoms with Gasteiger partial charge in [0.15, 0.2) is 0 Å². The summed E-state index contributed by atoms with van der Waals surface area (Å²) in [5, 5.41) is 56.3. The van der Waals surface area contributed by atoms with Gasteiger partial charge in [-0.05, 0) is 133 Å². The van der Waals surface area contributed by atoms with Crippen LogP contribution in [0.4, 0.5) is 4.39 Å². The molecule has 0 spiro atoms. The number of para-hydroxylation sites is 1. The second kappa shape index (κ2) is 48.8. The van der Waals surface area contributed by atoms with Gasteiger partial charge in [-0.3, -0.25) is 76.7 Å². The summed E-state index contributed by atoms with van der Waals surface area (Å²) in [6.07, 6.45) is 1.73. The molecule has 132 heavy (non-hydrogen) atoms. The SMILES string of the molecule is CCCC[C@H]1C(=O)N2CCC[C@@H]2C(=O)N[C@@H](CC(=O)O)C(=O)N[C@@H](C(C)C)C(=O)N(C)[C@@H](C(C)C)C(=O)N[C@@H](Cc2ccc(O)cc2)C(=O)N2CCCC[C@@H]2C(=O)N[C@@H](Cc2c[nH]c3ccccc23)C(=O)N[C@@H](Cc2ccc(O)cc2)C(=O)N[C@@H](CC(C)CC)C(=O)N[C@H](C(=O)NCC(N)=O)CSCC(=O)N[C@@H](Cc2ccc(F)cc2)C(=O)N(C)[C@@H](Cc2ccccc2)C(=O)N1C. The molecular formula is C95H125FN16O19S. The number of carbonyl (C=O) groups is 16. The highest BCUT2D eigenvalue weighted by Gasteiger charge is 2.46. The van der Waals surface area contributed by atoms with Gasteiger partial charge in [-0.15, -0.1) is 11.8 Å². The van der Waals surface area contributed by atoms with Gasteiger partial charge in [-0.1, -0.05) is 153 Å². The summed E-state index contributed by atoms with van der Waals surface area (Å²) in [5.74, 6) is -18.4. The van der Waals surface area contributed by atoms with E-state index in [2.05, 4.69) is 52.8 Å². The molecule has 5 aromatic carbocycles. The largest absolute Gasteiger partial charge is 0.508 e. The zero-order chi connectivity index (χ0) is 96.3.